The number of rotatable bonds is 3. The van der Waals surface area contributed by atoms with Crippen LogP contribution in [-0.4, -0.2) is 15.1 Å². The van der Waals surface area contributed by atoms with Gasteiger partial charge in [-0.3, -0.25) is 0 Å². The van der Waals surface area contributed by atoms with Gasteiger partial charge in [0.2, 0.25) is 0 Å². The molecule has 15 heavy (non-hydrogen) atoms. The van der Waals surface area contributed by atoms with Crippen LogP contribution in [0, 0.1) is 0 Å². The van der Waals surface area contributed by atoms with Crippen molar-refractivity contribution in [1.29, 1.82) is 0 Å². The molecule has 76 valence electrons. The lowest BCUT2D eigenvalue weighted by molar-refractivity contribution is 0.177. The van der Waals surface area contributed by atoms with Crippen molar-refractivity contribution in [3.8, 4) is 0 Å². The van der Waals surface area contributed by atoms with Crippen molar-refractivity contribution in [2.24, 2.45) is 0 Å². The first-order valence-electron chi connectivity index (χ1n) is 4.83. The Bertz CT molecular complexity index is 402. The van der Waals surface area contributed by atoms with Gasteiger partial charge >= 0.3 is 0 Å². The molecule has 2 rings (SSSR count). The van der Waals surface area contributed by atoms with E-state index in [-0.39, 0.29) is 0 Å². The molecule has 0 amide bonds. The molecule has 1 aromatic carbocycles. The molecule has 3 nitrogen and oxygen atoms in total. The standard InChI is InChI=1S/C12H12N2O/c15-12(11-7-13-9-14-8-11)6-10-4-2-1-3-5-10/h1-5,7-9,12,15H,6H2. The first-order chi connectivity index (χ1) is 7.36. The summed E-state index contributed by atoms with van der Waals surface area (Å²) >= 11 is 0. The van der Waals surface area contributed by atoms with E-state index in [9.17, 15) is 5.11 Å². The van der Waals surface area contributed by atoms with Crippen molar-refractivity contribution in [3.05, 3.63) is 60.2 Å². The van der Waals surface area contributed by atoms with Crippen LogP contribution in [0.5, 0.6) is 0 Å². The second-order valence-electron chi connectivity index (χ2n) is 3.38. The van der Waals surface area contributed by atoms with Gasteiger partial charge in [0.25, 0.3) is 0 Å². The Morgan fingerprint density at radius 1 is 1.07 bits per heavy atom. The summed E-state index contributed by atoms with van der Waals surface area (Å²) in [6, 6.07) is 9.87. The number of aliphatic hydroxyl groups is 1. The van der Waals surface area contributed by atoms with E-state index >= 15 is 0 Å². The summed E-state index contributed by atoms with van der Waals surface area (Å²) in [5.74, 6) is 0. The summed E-state index contributed by atoms with van der Waals surface area (Å²) < 4.78 is 0. The highest BCUT2D eigenvalue weighted by Crippen LogP contribution is 2.15. The zero-order valence-corrected chi connectivity index (χ0v) is 8.24. The van der Waals surface area contributed by atoms with Gasteiger partial charge < -0.3 is 5.11 Å². The molecule has 3 heteroatoms. The quantitative estimate of drug-likeness (QED) is 0.821. The fourth-order valence-electron chi connectivity index (χ4n) is 1.44. The number of aromatic nitrogens is 2. The van der Waals surface area contributed by atoms with Gasteiger partial charge in [0.1, 0.15) is 6.33 Å². The van der Waals surface area contributed by atoms with Gasteiger partial charge in [-0.1, -0.05) is 30.3 Å². The first kappa shape index (κ1) is 9.80. The first-order valence-corrected chi connectivity index (χ1v) is 4.83. The minimum atomic E-state index is -0.534. The SMILES string of the molecule is OC(Cc1ccccc1)c1cncnc1. The van der Waals surface area contributed by atoms with Crippen molar-refractivity contribution >= 4 is 0 Å². The maximum Gasteiger partial charge on any atom is 0.115 e. The zero-order valence-electron chi connectivity index (χ0n) is 8.24. The lowest BCUT2D eigenvalue weighted by Crippen LogP contribution is -2.02. The van der Waals surface area contributed by atoms with Crippen LogP contribution < -0.4 is 0 Å². The van der Waals surface area contributed by atoms with Crippen molar-refractivity contribution in [2.45, 2.75) is 12.5 Å². The Kier molecular flexibility index (Phi) is 3.05. The predicted octanol–water partition coefficient (Wildman–Crippen LogP) is 1.75. The molecule has 1 unspecified atom stereocenters. The number of aliphatic hydroxyl groups excluding tert-OH is 1. The highest BCUT2D eigenvalue weighted by molar-refractivity contribution is 5.18. The molecule has 2 aromatic rings. The van der Waals surface area contributed by atoms with Crippen molar-refractivity contribution in [1.82, 2.24) is 9.97 Å². The van der Waals surface area contributed by atoms with E-state index in [1.54, 1.807) is 12.4 Å². The number of benzene rings is 1. The van der Waals surface area contributed by atoms with Crippen LogP contribution in [0.1, 0.15) is 17.2 Å². The van der Waals surface area contributed by atoms with Crippen LogP contribution in [-0.2, 0) is 6.42 Å². The van der Waals surface area contributed by atoms with Crippen LogP contribution in [0.2, 0.25) is 0 Å². The van der Waals surface area contributed by atoms with E-state index < -0.39 is 6.10 Å². The van der Waals surface area contributed by atoms with Crippen LogP contribution in [0.15, 0.2) is 49.1 Å². The lowest BCUT2D eigenvalue weighted by Gasteiger charge is -2.09. The molecule has 1 aromatic heterocycles. The Hall–Kier alpha value is -1.74. The topological polar surface area (TPSA) is 46.0 Å². The summed E-state index contributed by atoms with van der Waals surface area (Å²) in [5.41, 5.74) is 1.86. The van der Waals surface area contributed by atoms with Crippen molar-refractivity contribution in [2.75, 3.05) is 0 Å². The normalized spacial score (nSPS) is 12.3. The Morgan fingerprint density at radius 2 is 1.73 bits per heavy atom. The predicted molar refractivity (Wildman–Crippen MR) is 57.1 cm³/mol. The van der Waals surface area contributed by atoms with Gasteiger partial charge in [-0.05, 0) is 5.56 Å². The van der Waals surface area contributed by atoms with Crippen LogP contribution in [0.25, 0.3) is 0 Å². The molecule has 0 saturated heterocycles. The molecule has 0 fully saturated rings. The third-order valence-electron chi connectivity index (χ3n) is 2.24. The molecular formula is C12H12N2O. The van der Waals surface area contributed by atoms with Gasteiger partial charge in [-0.15, -0.1) is 0 Å². The molecular weight excluding hydrogens is 188 g/mol. The number of hydrogen-bond acceptors (Lipinski definition) is 3. The lowest BCUT2D eigenvalue weighted by atomic mass is 10.0. The second kappa shape index (κ2) is 4.66. The van der Waals surface area contributed by atoms with Gasteiger partial charge in [0, 0.05) is 24.4 Å². The van der Waals surface area contributed by atoms with Gasteiger partial charge in [0.05, 0.1) is 6.10 Å². The van der Waals surface area contributed by atoms with Gasteiger partial charge in [-0.25, -0.2) is 9.97 Å². The van der Waals surface area contributed by atoms with Crippen LogP contribution in [0.3, 0.4) is 0 Å². The average molecular weight is 200 g/mol. The average Bonchev–Trinajstić information content (AvgIpc) is 2.31. The maximum absolute atomic E-state index is 9.89. The van der Waals surface area contributed by atoms with Crippen LogP contribution in [0.4, 0.5) is 0 Å². The largest absolute Gasteiger partial charge is 0.388 e. The third-order valence-corrected chi connectivity index (χ3v) is 2.24. The molecule has 1 N–H and O–H groups in total. The van der Waals surface area contributed by atoms with Gasteiger partial charge in [0.15, 0.2) is 0 Å². The van der Waals surface area contributed by atoms with Gasteiger partial charge in [-0.2, -0.15) is 0 Å². The third kappa shape index (κ3) is 2.60. The van der Waals surface area contributed by atoms with E-state index in [4.69, 9.17) is 0 Å². The van der Waals surface area contributed by atoms with Crippen LogP contribution >= 0.6 is 0 Å². The second-order valence-corrected chi connectivity index (χ2v) is 3.38. The van der Waals surface area contributed by atoms with E-state index in [2.05, 4.69) is 9.97 Å². The van der Waals surface area contributed by atoms with E-state index in [1.165, 1.54) is 6.33 Å². The van der Waals surface area contributed by atoms with E-state index in [0.717, 1.165) is 11.1 Å². The summed E-state index contributed by atoms with van der Waals surface area (Å²) in [6.07, 6.45) is 4.79. The molecule has 0 aliphatic carbocycles. The fourth-order valence-corrected chi connectivity index (χ4v) is 1.44. The molecule has 0 bridgehead atoms. The Morgan fingerprint density at radius 3 is 2.40 bits per heavy atom. The van der Waals surface area contributed by atoms with E-state index in [0.29, 0.717) is 6.42 Å². The fraction of sp³-hybridized carbons (Fsp3) is 0.167. The molecule has 0 saturated carbocycles. The number of nitrogens with zero attached hydrogens (tertiary/aromatic N) is 2. The highest BCUT2D eigenvalue weighted by atomic mass is 16.3. The van der Waals surface area contributed by atoms with E-state index in [1.807, 2.05) is 30.3 Å². The number of hydrogen-bond donors (Lipinski definition) is 1. The molecule has 0 aliphatic heterocycles. The summed E-state index contributed by atoms with van der Waals surface area (Å²) in [5, 5.41) is 9.89. The molecule has 0 spiro atoms. The maximum atomic E-state index is 9.89. The summed E-state index contributed by atoms with van der Waals surface area (Å²) in [7, 11) is 0. The Labute approximate surface area is 88.5 Å². The smallest absolute Gasteiger partial charge is 0.115 e. The zero-order chi connectivity index (χ0) is 10.5. The Balaban J connectivity index is 2.08. The molecule has 0 aliphatic rings. The minimum Gasteiger partial charge on any atom is -0.388 e. The molecule has 1 heterocycles. The minimum absolute atomic E-state index is 0.534. The van der Waals surface area contributed by atoms with Crippen molar-refractivity contribution < 1.29 is 5.11 Å². The molecule has 0 radical (unpaired) electrons. The van der Waals surface area contributed by atoms with Crippen molar-refractivity contribution in [3.63, 3.8) is 0 Å². The molecule has 1 atom stereocenters. The summed E-state index contributed by atoms with van der Waals surface area (Å²) in [4.78, 5) is 7.75. The monoisotopic (exact) mass is 200 g/mol. The summed E-state index contributed by atoms with van der Waals surface area (Å²) in [6.45, 7) is 0. The highest BCUT2D eigenvalue weighted by Gasteiger charge is 2.08.